The van der Waals surface area contributed by atoms with Gasteiger partial charge in [-0.1, -0.05) is 43.9 Å². The van der Waals surface area contributed by atoms with Gasteiger partial charge in [-0.3, -0.25) is 27.7 Å². The van der Waals surface area contributed by atoms with Gasteiger partial charge in [-0.2, -0.15) is 15.2 Å². The number of hydrogen-bond acceptors (Lipinski definition) is 29. The summed E-state index contributed by atoms with van der Waals surface area (Å²) in [6.45, 7) is 35.1. The Hall–Kier alpha value is 1.05. The Kier molecular flexibility index (Phi) is 63.9. The second-order valence-electron chi connectivity index (χ2n) is 30.1. The number of ether oxygens (including phenoxy) is 4. The first-order valence-corrected chi connectivity index (χ1v) is 35.1. The Morgan fingerprint density at radius 2 is 0.817 bits per heavy atom. The summed E-state index contributed by atoms with van der Waals surface area (Å²) in [6, 6.07) is -0.381. The zero-order valence-corrected chi connectivity index (χ0v) is 77.4. The van der Waals surface area contributed by atoms with Gasteiger partial charge in [-0.05, 0) is 117 Å². The fourth-order valence-electron chi connectivity index (χ4n) is 9.70. The second kappa shape index (κ2) is 59.7. The third-order valence-corrected chi connectivity index (χ3v) is 14.5. The van der Waals surface area contributed by atoms with Crippen LogP contribution >= 0.6 is 0 Å². The van der Waals surface area contributed by atoms with Crippen molar-refractivity contribution < 1.29 is 174 Å². The van der Waals surface area contributed by atoms with Crippen molar-refractivity contribution in [3.63, 3.8) is 0 Å². The number of aliphatic hydroxyl groups excluding tert-OH is 12. The molecule has 4 rings (SSSR count). The molecule has 0 aromatic rings. The van der Waals surface area contributed by atoms with E-state index in [1.807, 2.05) is 96.9 Å². The molecule has 0 bridgehead atoms. The first kappa shape index (κ1) is 111. The molecule has 0 radical (unpaired) electrons. The molecule has 19 unspecified atom stereocenters. The first-order valence-electron chi connectivity index (χ1n) is 35.1. The standard InChI is InChI=1S/C18H37N3O4.C17H35N6O6.C16H35N4O5.C13H30N4O4.4Zn/c1-13-5-14(22)6-17(25-18(2,3)4)12-21-11-16(24)10-20-9-15(23)8-19-7-13;1-11-5-18-12(24)6-19-13(25)7-20-14(26)8-21-15(27)9-22-16(10-23(11)28)29-17(2,3)4;1-11-7-18-13(22)6-5-12(21)10-20(24)15(23)9-19-14(8-17-11)25-16(2,3)4;1-9-8-17(20)12(19)7-15-10(18)5-16-11(6-14-9)21-13(2,3)4;;;;/h13-17,21-24H,5-12H2,1-4H3;11-16,24-28H,5-10H2,1-4H3;5,11-15,17-19,21-24H,6-10H2,1-4H3;9-12,14-16,18-20H,5-8H2,1-4H3;;;;/q-2;-5;-1;;;;;+2/t13?,14-,15?,16?,17?;;;;;;;/m1......./s1. The molecule has 0 spiro atoms. The number of rotatable bonds is 4. The Balaban J connectivity index is -0.000000636. The minimum atomic E-state index is -1.21. The van der Waals surface area contributed by atoms with E-state index < -0.39 is 92.1 Å². The van der Waals surface area contributed by atoms with Gasteiger partial charge in [0.25, 0.3) is 0 Å². The van der Waals surface area contributed by atoms with Gasteiger partial charge in [0.1, 0.15) is 31.1 Å². The van der Waals surface area contributed by atoms with E-state index in [9.17, 15) is 76.9 Å². The van der Waals surface area contributed by atoms with Crippen LogP contribution in [-0.2, 0) is 96.9 Å². The van der Waals surface area contributed by atoms with E-state index in [1.54, 1.807) is 6.92 Å². The SMILES string of the molecule is CC1CN(O)C(O)CNC(O)CNC(OC(C)(C)C)CN1.CC1CNC(O)C[CH-]C(O)CN(O)C(O)CNC(OC(C)(C)C)CN1.CC1C[N-]C(O)C[N-]C(O)C[N-]C(O)C[N-]C(O)C[N-]C(OC(C)(C)C)CN1O.CC1C[N-]CC(O)C[N-]CC(O)CNCC(OC(C)(C)C)C[C@H](O)C1.[Zn+2].[Zn].[Zn].[Zn]. The van der Waals surface area contributed by atoms with Crippen molar-refractivity contribution in [2.75, 3.05) is 131 Å². The van der Waals surface area contributed by atoms with Crippen LogP contribution in [0.1, 0.15) is 130 Å². The third kappa shape index (κ3) is 62.5. The Bertz CT molecular complexity index is 2030. The first-order chi connectivity index (χ1) is 46.3. The quantitative estimate of drug-likeness (QED) is 0.113. The monoisotopic (exact) mass is 1700 g/mol. The van der Waals surface area contributed by atoms with E-state index >= 15 is 0 Å². The van der Waals surface area contributed by atoms with Gasteiger partial charge >= 0.3 is 19.5 Å². The Morgan fingerprint density at radius 3 is 1.33 bits per heavy atom. The van der Waals surface area contributed by atoms with E-state index in [4.69, 9.17) is 18.9 Å². The van der Waals surface area contributed by atoms with Gasteiger partial charge in [0, 0.05) is 167 Å². The maximum Gasteiger partial charge on any atom is 2.00 e. The summed E-state index contributed by atoms with van der Waals surface area (Å²) in [7, 11) is 0. The molecule has 0 aromatic carbocycles. The van der Waals surface area contributed by atoms with Crippen molar-refractivity contribution in [2.45, 2.75) is 270 Å². The summed E-state index contributed by atoms with van der Waals surface area (Å²) in [4.78, 5) is 0. The molecule has 40 heteroatoms. The summed E-state index contributed by atoms with van der Waals surface area (Å²) in [6.07, 6.45) is -9.84. The van der Waals surface area contributed by atoms with Crippen molar-refractivity contribution in [3.8, 4) is 0 Å². The summed E-state index contributed by atoms with van der Waals surface area (Å²) < 4.78 is 23.7. The molecular formula is C64H137N17O19Zn4-6. The summed E-state index contributed by atoms with van der Waals surface area (Å²) in [5, 5.41) is 201. The maximum absolute atomic E-state index is 10.4. The molecule has 4 fully saturated rings. The summed E-state index contributed by atoms with van der Waals surface area (Å²) in [5.74, 6) is 0.247. The molecule has 4 saturated heterocycles. The smallest absolute Gasteiger partial charge is 0.660 e. The Morgan fingerprint density at radius 1 is 0.385 bits per heavy atom. The van der Waals surface area contributed by atoms with Gasteiger partial charge in [0.2, 0.25) is 0 Å². The summed E-state index contributed by atoms with van der Waals surface area (Å²) >= 11 is 0. The van der Waals surface area contributed by atoms with E-state index in [0.717, 1.165) is 10.1 Å². The Labute approximate surface area is 671 Å². The molecule has 20 atom stereocenters. The average Bonchev–Trinajstić information content (AvgIpc) is 0.953. The van der Waals surface area contributed by atoms with Crippen LogP contribution in [0.5, 0.6) is 0 Å². The van der Waals surface area contributed by atoms with Crippen LogP contribution in [0.2, 0.25) is 0 Å². The van der Waals surface area contributed by atoms with Crippen molar-refractivity contribution in [1.29, 1.82) is 0 Å². The zero-order valence-electron chi connectivity index (χ0n) is 65.5. The van der Waals surface area contributed by atoms with Gasteiger partial charge in [0.05, 0.1) is 40.8 Å². The van der Waals surface area contributed by atoms with Crippen molar-refractivity contribution >= 4 is 0 Å². The van der Waals surface area contributed by atoms with Gasteiger partial charge in [0.15, 0.2) is 0 Å². The number of hydroxylamine groups is 6. The van der Waals surface area contributed by atoms with Crippen molar-refractivity contribution in [1.82, 2.24) is 52.4 Å². The molecule has 0 saturated carbocycles. The predicted octanol–water partition coefficient (Wildman–Crippen LogP) is -1.42. The predicted molar refractivity (Wildman–Crippen MR) is 380 cm³/mol. The molecule has 36 nitrogen and oxygen atoms in total. The average molecular weight is 1710 g/mol. The van der Waals surface area contributed by atoms with E-state index in [1.165, 1.54) is 6.42 Å². The number of β-amino-alcohol motifs (C(OH)–C–C–N with tert-alkyl or cyclic N) is 5. The van der Waals surface area contributed by atoms with Crippen LogP contribution in [0, 0.1) is 12.3 Å². The molecule has 4 heterocycles. The molecule has 4 aliphatic rings. The molecule has 22 N–H and O–H groups in total. The molecule has 0 aliphatic carbocycles. The second-order valence-corrected chi connectivity index (χ2v) is 30.1. The van der Waals surface area contributed by atoms with Crippen LogP contribution in [0.15, 0.2) is 0 Å². The molecule has 0 aromatic heterocycles. The van der Waals surface area contributed by atoms with Gasteiger partial charge in [-0.25, -0.2) is 0 Å². The molecule has 104 heavy (non-hydrogen) atoms. The van der Waals surface area contributed by atoms with Crippen LogP contribution in [-0.4, -0.2) is 363 Å². The minimum absolute atomic E-state index is 0. The molecule has 0 amide bonds. The number of nitrogens with zero attached hydrogens (tertiary/aromatic N) is 10. The number of aliphatic hydroxyl groups is 12. The van der Waals surface area contributed by atoms with Crippen LogP contribution in [0.25, 0.3) is 37.2 Å². The largest absolute Gasteiger partial charge is 2.00 e. The molecular weight excluding hydrogens is 1570 g/mol. The normalized spacial score (nSPS) is 34.3. The minimum Gasteiger partial charge on any atom is -0.660 e. The number of nitrogens with one attached hydrogen (secondary N) is 7. The van der Waals surface area contributed by atoms with Crippen LogP contribution in [0.4, 0.5) is 0 Å². The van der Waals surface area contributed by atoms with E-state index in [-0.39, 0.29) is 223 Å². The van der Waals surface area contributed by atoms with Gasteiger partial charge in [-0.15, -0.1) is 65.3 Å². The third-order valence-electron chi connectivity index (χ3n) is 14.5. The maximum atomic E-state index is 10.4. The van der Waals surface area contributed by atoms with Crippen molar-refractivity contribution in [3.05, 3.63) is 43.6 Å². The fraction of sp³-hybridized carbons (Fsp3) is 0.984. The van der Waals surface area contributed by atoms with Crippen LogP contribution < -0.4 is 37.2 Å². The van der Waals surface area contributed by atoms with E-state index in [0.29, 0.717) is 63.7 Å². The van der Waals surface area contributed by atoms with Gasteiger partial charge < -0.3 is 149 Å². The summed E-state index contributed by atoms with van der Waals surface area (Å²) in [5.41, 5.74) is -1.51. The van der Waals surface area contributed by atoms with Crippen molar-refractivity contribution in [2.24, 2.45) is 5.92 Å². The van der Waals surface area contributed by atoms with Crippen LogP contribution in [0.3, 0.4) is 0 Å². The zero-order chi connectivity index (χ0) is 76.0. The number of hydrogen-bond donors (Lipinski definition) is 22. The fourth-order valence-corrected chi connectivity index (χ4v) is 9.70. The topological polar surface area (TPSA) is 533 Å². The van der Waals surface area contributed by atoms with E-state index in [2.05, 4.69) is 81.4 Å². The molecule has 606 valence electrons. The molecule has 4 aliphatic heterocycles.